The zero-order chi connectivity index (χ0) is 17.4. The lowest BCUT2D eigenvalue weighted by atomic mass is 10.2. The first kappa shape index (κ1) is 15.8. The number of hydrogen-bond acceptors (Lipinski definition) is 5. The molecule has 0 N–H and O–H groups in total. The molecule has 3 aromatic heterocycles. The molecule has 0 amide bonds. The van der Waals surface area contributed by atoms with Crippen LogP contribution < -0.4 is 4.90 Å². The second-order valence-electron chi connectivity index (χ2n) is 5.63. The molecule has 4 rings (SSSR count). The molecule has 0 aliphatic carbocycles. The van der Waals surface area contributed by atoms with Crippen molar-refractivity contribution in [3.63, 3.8) is 0 Å². The number of halogens is 3. The van der Waals surface area contributed by atoms with Crippen molar-refractivity contribution in [2.24, 2.45) is 0 Å². The minimum absolute atomic E-state index is 0.329. The second-order valence-corrected chi connectivity index (χ2v) is 5.63. The Bertz CT molecular complexity index is 902. The summed E-state index contributed by atoms with van der Waals surface area (Å²) in [4.78, 5) is 14.9. The molecule has 0 radical (unpaired) electrons. The number of ether oxygens (including phenoxy) is 1. The Hall–Kier alpha value is -2.68. The first-order valence-electron chi connectivity index (χ1n) is 7.73. The van der Waals surface area contributed by atoms with Gasteiger partial charge in [0, 0.05) is 25.5 Å². The molecule has 1 aliphatic rings. The highest BCUT2D eigenvalue weighted by molar-refractivity contribution is 5.59. The maximum absolute atomic E-state index is 13.0. The Kier molecular flexibility index (Phi) is 3.79. The molecular weight excluding hydrogens is 335 g/mol. The summed E-state index contributed by atoms with van der Waals surface area (Å²) in [5, 5.41) is 0. The van der Waals surface area contributed by atoms with Crippen molar-refractivity contribution in [3.8, 4) is 11.5 Å². The minimum Gasteiger partial charge on any atom is -0.378 e. The third kappa shape index (κ3) is 3.02. The van der Waals surface area contributed by atoms with Crippen LogP contribution in [0.2, 0.25) is 0 Å². The van der Waals surface area contributed by atoms with Gasteiger partial charge in [-0.3, -0.25) is 4.40 Å². The normalized spacial score (nSPS) is 15.7. The smallest absolute Gasteiger partial charge is 0.378 e. The summed E-state index contributed by atoms with van der Waals surface area (Å²) in [6.45, 7) is 2.65. The van der Waals surface area contributed by atoms with E-state index >= 15 is 0 Å². The maximum Gasteiger partial charge on any atom is 0.417 e. The molecule has 25 heavy (non-hydrogen) atoms. The largest absolute Gasteiger partial charge is 0.417 e. The summed E-state index contributed by atoms with van der Waals surface area (Å²) >= 11 is 0. The van der Waals surface area contributed by atoms with Gasteiger partial charge >= 0.3 is 6.18 Å². The lowest BCUT2D eigenvalue weighted by Gasteiger charge is -2.27. The summed E-state index contributed by atoms with van der Waals surface area (Å²) in [6, 6.07) is 4.12. The van der Waals surface area contributed by atoms with Gasteiger partial charge in [-0.2, -0.15) is 13.2 Å². The summed E-state index contributed by atoms with van der Waals surface area (Å²) < 4.78 is 45.6. The number of nitrogens with zero attached hydrogens (tertiary/aromatic N) is 5. The van der Waals surface area contributed by atoms with E-state index in [1.54, 1.807) is 12.3 Å². The van der Waals surface area contributed by atoms with Crippen molar-refractivity contribution >= 4 is 11.5 Å². The van der Waals surface area contributed by atoms with Crippen LogP contribution in [0, 0.1) is 0 Å². The minimum atomic E-state index is -4.42. The van der Waals surface area contributed by atoms with Gasteiger partial charge in [0.1, 0.15) is 17.2 Å². The first-order valence-corrected chi connectivity index (χ1v) is 7.73. The lowest BCUT2D eigenvalue weighted by Crippen LogP contribution is -2.36. The molecule has 0 atom stereocenters. The molecule has 1 saturated heterocycles. The molecule has 3 aromatic rings. The van der Waals surface area contributed by atoms with Gasteiger partial charge in [0.25, 0.3) is 0 Å². The number of alkyl halides is 3. The highest BCUT2D eigenvalue weighted by Gasteiger charge is 2.31. The molecular formula is C16H14F3N5O. The molecule has 0 bridgehead atoms. The molecule has 1 fully saturated rings. The van der Waals surface area contributed by atoms with Crippen LogP contribution in [0.5, 0.6) is 0 Å². The maximum atomic E-state index is 13.0. The van der Waals surface area contributed by atoms with Crippen molar-refractivity contribution < 1.29 is 17.9 Å². The average molecular weight is 349 g/mol. The summed E-state index contributed by atoms with van der Waals surface area (Å²) in [7, 11) is 0. The number of morpholine rings is 1. The van der Waals surface area contributed by atoms with Gasteiger partial charge in [-0.05, 0) is 18.2 Å². The second kappa shape index (κ2) is 5.99. The zero-order valence-corrected chi connectivity index (χ0v) is 13.1. The Morgan fingerprint density at radius 3 is 2.60 bits per heavy atom. The van der Waals surface area contributed by atoms with Crippen molar-refractivity contribution in [2.45, 2.75) is 6.18 Å². The van der Waals surface area contributed by atoms with E-state index in [0.29, 0.717) is 43.5 Å². The average Bonchev–Trinajstić information content (AvgIpc) is 3.05. The number of fused-ring (bicyclic) bond motifs is 1. The fourth-order valence-corrected chi connectivity index (χ4v) is 2.75. The Morgan fingerprint density at radius 1 is 1.04 bits per heavy atom. The predicted octanol–water partition coefficient (Wildman–Crippen LogP) is 2.65. The number of pyridine rings is 1. The van der Waals surface area contributed by atoms with Gasteiger partial charge in [0.05, 0.1) is 25.0 Å². The fraction of sp³-hybridized carbons (Fsp3) is 0.312. The third-order valence-electron chi connectivity index (χ3n) is 4.04. The molecule has 0 aromatic carbocycles. The summed E-state index contributed by atoms with van der Waals surface area (Å²) in [5.41, 5.74) is 0.0724. The van der Waals surface area contributed by atoms with Crippen LogP contribution in [0.25, 0.3) is 17.2 Å². The number of imidazole rings is 1. The van der Waals surface area contributed by atoms with Gasteiger partial charge in [-0.1, -0.05) is 0 Å². The number of aromatic nitrogens is 4. The van der Waals surface area contributed by atoms with Gasteiger partial charge in [0.15, 0.2) is 5.82 Å². The van der Waals surface area contributed by atoms with Crippen LogP contribution in [0.1, 0.15) is 5.56 Å². The molecule has 9 heteroatoms. The molecule has 4 heterocycles. The van der Waals surface area contributed by atoms with Crippen LogP contribution in [-0.4, -0.2) is 45.7 Å². The molecule has 130 valence electrons. The summed E-state index contributed by atoms with van der Waals surface area (Å²) in [6.07, 6.45) is -0.331. The van der Waals surface area contributed by atoms with Crippen molar-refractivity contribution in [2.75, 3.05) is 31.2 Å². The van der Waals surface area contributed by atoms with Gasteiger partial charge in [-0.25, -0.2) is 15.0 Å². The predicted molar refractivity (Wildman–Crippen MR) is 84.3 cm³/mol. The number of anilines is 1. The van der Waals surface area contributed by atoms with E-state index in [-0.39, 0.29) is 0 Å². The van der Waals surface area contributed by atoms with Gasteiger partial charge in [0.2, 0.25) is 0 Å². The highest BCUT2D eigenvalue weighted by atomic mass is 19.4. The van der Waals surface area contributed by atoms with Crippen molar-refractivity contribution in [1.29, 1.82) is 0 Å². The molecule has 0 unspecified atom stereocenters. The first-order chi connectivity index (χ1) is 12.0. The van der Waals surface area contributed by atoms with Crippen LogP contribution >= 0.6 is 0 Å². The van der Waals surface area contributed by atoms with E-state index in [1.807, 2.05) is 0 Å². The third-order valence-corrected chi connectivity index (χ3v) is 4.04. The molecule has 0 spiro atoms. The zero-order valence-electron chi connectivity index (χ0n) is 13.1. The van der Waals surface area contributed by atoms with E-state index < -0.39 is 11.7 Å². The Morgan fingerprint density at radius 2 is 1.84 bits per heavy atom. The topological polar surface area (TPSA) is 55.5 Å². The summed E-state index contributed by atoms with van der Waals surface area (Å²) in [5.74, 6) is 1.05. The van der Waals surface area contributed by atoms with E-state index in [4.69, 9.17) is 4.74 Å². The van der Waals surface area contributed by atoms with Gasteiger partial charge in [-0.15, -0.1) is 0 Å². The quantitative estimate of drug-likeness (QED) is 0.712. The van der Waals surface area contributed by atoms with Crippen molar-refractivity contribution in [3.05, 3.63) is 42.4 Å². The number of hydrogen-bond donors (Lipinski definition) is 0. The Balaban J connectivity index is 1.76. The van der Waals surface area contributed by atoms with Gasteiger partial charge < -0.3 is 9.64 Å². The fourth-order valence-electron chi connectivity index (χ4n) is 2.75. The molecule has 0 saturated carbocycles. The monoisotopic (exact) mass is 349 g/mol. The standard InChI is InChI=1S/C16H14F3N5O/c17-16(18,19)11-1-2-13-21-9-12(24(13)10-11)15-20-4-3-14(22-15)23-5-7-25-8-6-23/h1-4,9-10H,5-8H2. The van der Waals surface area contributed by atoms with Crippen molar-refractivity contribution in [1.82, 2.24) is 19.4 Å². The van der Waals surface area contributed by atoms with E-state index in [0.717, 1.165) is 18.1 Å². The lowest BCUT2D eigenvalue weighted by molar-refractivity contribution is -0.137. The molecule has 6 nitrogen and oxygen atoms in total. The van der Waals surface area contributed by atoms with Crippen LogP contribution in [0.3, 0.4) is 0 Å². The van der Waals surface area contributed by atoms with E-state index in [2.05, 4.69) is 19.9 Å². The van der Waals surface area contributed by atoms with E-state index in [9.17, 15) is 13.2 Å². The molecule has 1 aliphatic heterocycles. The number of rotatable bonds is 2. The van der Waals surface area contributed by atoms with E-state index in [1.165, 1.54) is 16.7 Å². The highest BCUT2D eigenvalue weighted by Crippen LogP contribution is 2.30. The Labute approximate surface area is 140 Å². The van der Waals surface area contributed by atoms with Crippen LogP contribution in [-0.2, 0) is 10.9 Å². The SMILES string of the molecule is FC(F)(F)c1ccc2ncc(-c3nccc(N4CCOCC4)n3)n2c1. The van der Waals surface area contributed by atoms with Crippen LogP contribution in [0.15, 0.2) is 36.8 Å². The van der Waals surface area contributed by atoms with Crippen LogP contribution in [0.4, 0.5) is 19.0 Å².